The average Bonchev–Trinajstić information content (AvgIpc) is 2.60. The van der Waals surface area contributed by atoms with Crippen LogP contribution in [-0.2, 0) is 13.2 Å². The van der Waals surface area contributed by atoms with Crippen LogP contribution in [0.3, 0.4) is 0 Å². The number of rotatable bonds is 6. The molecule has 3 aromatic rings. The number of hydrogen-bond acceptors (Lipinski definition) is 2. The van der Waals surface area contributed by atoms with Gasteiger partial charge in [0, 0.05) is 12.2 Å². The van der Waals surface area contributed by atoms with Gasteiger partial charge in [0.1, 0.15) is 12.4 Å². The van der Waals surface area contributed by atoms with Gasteiger partial charge in [0.25, 0.3) is 0 Å². The Labute approximate surface area is 151 Å². The standard InChI is InChI=1S/C21H20BrNO/c1-16-6-5-9-19(12-16)23-14-18-10-11-21(20(22)13-18)24-15-17-7-3-2-4-8-17/h2-13,23H,14-15H2,1H3. The summed E-state index contributed by atoms with van der Waals surface area (Å²) in [6.07, 6.45) is 0. The van der Waals surface area contributed by atoms with E-state index in [0.29, 0.717) is 6.61 Å². The van der Waals surface area contributed by atoms with Gasteiger partial charge in [0.05, 0.1) is 4.47 Å². The Morgan fingerprint density at radius 1 is 0.875 bits per heavy atom. The Morgan fingerprint density at radius 3 is 2.46 bits per heavy atom. The predicted octanol–water partition coefficient (Wildman–Crippen LogP) is 5.95. The van der Waals surface area contributed by atoms with Gasteiger partial charge in [0.2, 0.25) is 0 Å². The quantitative estimate of drug-likeness (QED) is 0.569. The molecule has 0 aliphatic rings. The lowest BCUT2D eigenvalue weighted by molar-refractivity contribution is 0.304. The van der Waals surface area contributed by atoms with E-state index in [1.807, 2.05) is 24.3 Å². The molecule has 0 amide bonds. The fourth-order valence-electron chi connectivity index (χ4n) is 2.47. The van der Waals surface area contributed by atoms with Gasteiger partial charge >= 0.3 is 0 Å². The second kappa shape index (κ2) is 8.02. The first kappa shape index (κ1) is 16.6. The Balaban J connectivity index is 1.60. The van der Waals surface area contributed by atoms with Crippen molar-refractivity contribution in [1.29, 1.82) is 0 Å². The van der Waals surface area contributed by atoms with E-state index < -0.39 is 0 Å². The summed E-state index contributed by atoms with van der Waals surface area (Å²) in [7, 11) is 0. The van der Waals surface area contributed by atoms with E-state index in [2.05, 4.69) is 76.7 Å². The number of nitrogens with one attached hydrogen (secondary N) is 1. The van der Waals surface area contributed by atoms with Crippen molar-refractivity contribution in [2.24, 2.45) is 0 Å². The van der Waals surface area contributed by atoms with Gasteiger partial charge in [-0.1, -0.05) is 48.5 Å². The molecule has 3 rings (SSSR count). The van der Waals surface area contributed by atoms with E-state index in [1.54, 1.807) is 0 Å². The van der Waals surface area contributed by atoms with Crippen LogP contribution in [0.1, 0.15) is 16.7 Å². The van der Waals surface area contributed by atoms with Gasteiger partial charge in [-0.15, -0.1) is 0 Å². The largest absolute Gasteiger partial charge is 0.488 e. The summed E-state index contributed by atoms with van der Waals surface area (Å²) >= 11 is 3.61. The van der Waals surface area contributed by atoms with Crippen molar-refractivity contribution in [3.05, 3.63) is 94.0 Å². The van der Waals surface area contributed by atoms with Crippen molar-refractivity contribution in [3.63, 3.8) is 0 Å². The lowest BCUT2D eigenvalue weighted by Crippen LogP contribution is -2.00. The van der Waals surface area contributed by atoms with Crippen LogP contribution in [0.2, 0.25) is 0 Å². The molecule has 2 nitrogen and oxygen atoms in total. The zero-order valence-electron chi connectivity index (χ0n) is 13.6. The molecule has 0 heterocycles. The summed E-state index contributed by atoms with van der Waals surface area (Å²) in [6, 6.07) is 24.8. The Bertz CT molecular complexity index is 802. The maximum absolute atomic E-state index is 5.89. The van der Waals surface area contributed by atoms with Gasteiger partial charge in [0.15, 0.2) is 0 Å². The molecule has 0 saturated heterocycles. The van der Waals surface area contributed by atoms with Crippen LogP contribution in [0.25, 0.3) is 0 Å². The number of ether oxygens (including phenoxy) is 1. The van der Waals surface area contributed by atoms with Crippen molar-refractivity contribution in [2.45, 2.75) is 20.1 Å². The average molecular weight is 382 g/mol. The van der Waals surface area contributed by atoms with Crippen LogP contribution >= 0.6 is 15.9 Å². The molecule has 0 aliphatic heterocycles. The first-order valence-electron chi connectivity index (χ1n) is 7.96. The van der Waals surface area contributed by atoms with Gasteiger partial charge < -0.3 is 10.1 Å². The molecule has 3 aromatic carbocycles. The number of anilines is 1. The molecule has 24 heavy (non-hydrogen) atoms. The Kier molecular flexibility index (Phi) is 5.55. The molecular formula is C21H20BrNO. The molecule has 0 radical (unpaired) electrons. The van der Waals surface area contributed by atoms with Crippen LogP contribution in [0.5, 0.6) is 5.75 Å². The minimum Gasteiger partial charge on any atom is -0.488 e. The minimum absolute atomic E-state index is 0.570. The number of benzene rings is 3. The highest BCUT2D eigenvalue weighted by atomic mass is 79.9. The van der Waals surface area contributed by atoms with Gasteiger partial charge in [-0.25, -0.2) is 0 Å². The number of halogens is 1. The van der Waals surface area contributed by atoms with Crippen molar-refractivity contribution in [2.75, 3.05) is 5.32 Å². The highest BCUT2D eigenvalue weighted by Crippen LogP contribution is 2.27. The third-order valence-corrected chi connectivity index (χ3v) is 4.37. The highest BCUT2D eigenvalue weighted by Gasteiger charge is 2.04. The fraction of sp³-hybridized carbons (Fsp3) is 0.143. The lowest BCUT2D eigenvalue weighted by Gasteiger charge is -2.11. The first-order valence-corrected chi connectivity index (χ1v) is 8.76. The van der Waals surface area contributed by atoms with Crippen LogP contribution in [-0.4, -0.2) is 0 Å². The van der Waals surface area contributed by atoms with E-state index >= 15 is 0 Å². The molecule has 0 atom stereocenters. The molecule has 1 N–H and O–H groups in total. The molecule has 0 fully saturated rings. The zero-order chi connectivity index (χ0) is 16.8. The minimum atomic E-state index is 0.570. The normalized spacial score (nSPS) is 10.4. The highest BCUT2D eigenvalue weighted by molar-refractivity contribution is 9.10. The second-order valence-electron chi connectivity index (χ2n) is 5.76. The van der Waals surface area contributed by atoms with E-state index in [4.69, 9.17) is 4.74 Å². The van der Waals surface area contributed by atoms with E-state index in [9.17, 15) is 0 Å². The molecule has 0 aliphatic carbocycles. The summed E-state index contributed by atoms with van der Waals surface area (Å²) in [5.74, 6) is 0.859. The maximum Gasteiger partial charge on any atom is 0.134 e. The van der Waals surface area contributed by atoms with Crippen LogP contribution < -0.4 is 10.1 Å². The molecule has 0 aromatic heterocycles. The van der Waals surface area contributed by atoms with Crippen molar-refractivity contribution in [1.82, 2.24) is 0 Å². The molecule has 0 saturated carbocycles. The first-order chi connectivity index (χ1) is 11.7. The number of aryl methyl sites for hydroxylation is 1. The van der Waals surface area contributed by atoms with Crippen molar-refractivity contribution >= 4 is 21.6 Å². The smallest absolute Gasteiger partial charge is 0.134 e. The Hall–Kier alpha value is -2.26. The topological polar surface area (TPSA) is 21.3 Å². The van der Waals surface area contributed by atoms with E-state index in [0.717, 1.165) is 28.0 Å². The van der Waals surface area contributed by atoms with E-state index in [-0.39, 0.29) is 0 Å². The third-order valence-electron chi connectivity index (χ3n) is 3.75. The molecule has 122 valence electrons. The summed E-state index contributed by atoms with van der Waals surface area (Å²) < 4.78 is 6.86. The van der Waals surface area contributed by atoms with Gasteiger partial charge in [-0.3, -0.25) is 0 Å². The second-order valence-corrected chi connectivity index (χ2v) is 6.62. The fourth-order valence-corrected chi connectivity index (χ4v) is 3.01. The maximum atomic E-state index is 5.89. The zero-order valence-corrected chi connectivity index (χ0v) is 15.2. The van der Waals surface area contributed by atoms with Crippen LogP contribution in [0.4, 0.5) is 5.69 Å². The monoisotopic (exact) mass is 381 g/mol. The number of hydrogen-bond donors (Lipinski definition) is 1. The van der Waals surface area contributed by atoms with Crippen molar-refractivity contribution in [3.8, 4) is 5.75 Å². The van der Waals surface area contributed by atoms with Crippen LogP contribution in [0.15, 0.2) is 77.3 Å². The SMILES string of the molecule is Cc1cccc(NCc2ccc(OCc3ccccc3)c(Br)c2)c1. The summed E-state index contributed by atoms with van der Waals surface area (Å²) in [6.45, 7) is 3.45. The molecule has 0 spiro atoms. The third kappa shape index (κ3) is 4.62. The predicted molar refractivity (Wildman–Crippen MR) is 103 cm³/mol. The van der Waals surface area contributed by atoms with Gasteiger partial charge in [-0.2, -0.15) is 0 Å². The summed E-state index contributed by atoms with van der Waals surface area (Å²) in [4.78, 5) is 0. The van der Waals surface area contributed by atoms with Crippen molar-refractivity contribution < 1.29 is 4.74 Å². The molecular weight excluding hydrogens is 362 g/mol. The molecule has 3 heteroatoms. The van der Waals surface area contributed by atoms with Gasteiger partial charge in [-0.05, 0) is 63.8 Å². The molecule has 0 unspecified atom stereocenters. The summed E-state index contributed by atoms with van der Waals surface area (Å²) in [5.41, 5.74) is 4.76. The molecule has 0 bridgehead atoms. The van der Waals surface area contributed by atoms with Crippen LogP contribution in [0, 0.1) is 6.92 Å². The van der Waals surface area contributed by atoms with E-state index in [1.165, 1.54) is 11.1 Å². The summed E-state index contributed by atoms with van der Waals surface area (Å²) in [5, 5.41) is 3.44. The Morgan fingerprint density at radius 2 is 1.71 bits per heavy atom. The lowest BCUT2D eigenvalue weighted by atomic mass is 10.2.